The van der Waals surface area contributed by atoms with Gasteiger partial charge in [0.15, 0.2) is 6.04 Å². The molecule has 54 valence electrons. The molecule has 1 aliphatic heterocycles. The molecule has 0 fully saturated rings. The minimum atomic E-state index is -0.722. The molecule has 0 radical (unpaired) electrons. The van der Waals surface area contributed by atoms with Gasteiger partial charge in [-0.2, -0.15) is 5.10 Å². The number of nitrogens with zero attached hydrogens (tertiary/aromatic N) is 1. The van der Waals surface area contributed by atoms with Crippen molar-refractivity contribution in [2.45, 2.75) is 13.0 Å². The third-order valence-corrected chi connectivity index (χ3v) is 1.32. The molecule has 5 heteroatoms. The van der Waals surface area contributed by atoms with Gasteiger partial charge >= 0.3 is 0 Å². The number of carbonyl (C=O) groups is 1. The van der Waals surface area contributed by atoms with Gasteiger partial charge in [-0.3, -0.25) is 10.2 Å². The van der Waals surface area contributed by atoms with Crippen LogP contribution in [-0.4, -0.2) is 23.4 Å². The number of carbonyl (C=O) groups excluding carboxylic acids is 1. The van der Waals surface area contributed by atoms with Gasteiger partial charge in [0.25, 0.3) is 0 Å². The Morgan fingerprint density at radius 2 is 2.50 bits per heavy atom. The van der Waals surface area contributed by atoms with Gasteiger partial charge in [-0.1, -0.05) is 0 Å². The molecule has 0 bridgehead atoms. The van der Waals surface area contributed by atoms with Crippen LogP contribution in [0.25, 0.3) is 0 Å². The quantitative estimate of drug-likeness (QED) is 0.428. The standard InChI is InChI=1S/C5H8N4O/c1-2-3(6)4(5(7)10)9-8-2/h4,6,9H,1H3,(H2,7,10). The smallest absolute Gasteiger partial charge is 0.247 e. The number of primary amides is 1. The maximum absolute atomic E-state index is 10.5. The summed E-state index contributed by atoms with van der Waals surface area (Å²) in [6.07, 6.45) is 0. The SMILES string of the molecule is CC1=NNC(C(N)=O)C1=N. The van der Waals surface area contributed by atoms with Gasteiger partial charge in [0.05, 0.1) is 11.4 Å². The highest BCUT2D eigenvalue weighted by molar-refractivity contribution is 6.46. The van der Waals surface area contributed by atoms with E-state index in [9.17, 15) is 4.79 Å². The lowest BCUT2D eigenvalue weighted by Crippen LogP contribution is -2.41. The number of nitrogens with two attached hydrogens (primary N) is 1. The molecule has 0 aromatic carbocycles. The van der Waals surface area contributed by atoms with Gasteiger partial charge in [0, 0.05) is 0 Å². The van der Waals surface area contributed by atoms with Crippen molar-refractivity contribution in [3.63, 3.8) is 0 Å². The summed E-state index contributed by atoms with van der Waals surface area (Å²) in [5.74, 6) is -0.564. The largest absolute Gasteiger partial charge is 0.367 e. The zero-order chi connectivity index (χ0) is 7.72. The lowest BCUT2D eigenvalue weighted by atomic mass is 10.1. The Bertz CT molecular complexity index is 220. The molecule has 0 saturated heterocycles. The van der Waals surface area contributed by atoms with E-state index in [0.29, 0.717) is 5.71 Å². The van der Waals surface area contributed by atoms with E-state index in [-0.39, 0.29) is 5.71 Å². The first-order valence-corrected chi connectivity index (χ1v) is 2.81. The van der Waals surface area contributed by atoms with Crippen LogP contribution in [0.5, 0.6) is 0 Å². The van der Waals surface area contributed by atoms with E-state index < -0.39 is 11.9 Å². The highest BCUT2D eigenvalue weighted by atomic mass is 16.1. The lowest BCUT2D eigenvalue weighted by molar-refractivity contribution is -0.118. The van der Waals surface area contributed by atoms with Crippen LogP contribution in [0.2, 0.25) is 0 Å². The number of hydrogen-bond acceptors (Lipinski definition) is 4. The predicted octanol–water partition coefficient (Wildman–Crippen LogP) is -1.16. The summed E-state index contributed by atoms with van der Waals surface area (Å²) in [6, 6.07) is -0.722. The van der Waals surface area contributed by atoms with Crippen LogP contribution < -0.4 is 11.2 Å². The second-order valence-electron chi connectivity index (χ2n) is 2.08. The van der Waals surface area contributed by atoms with Crippen LogP contribution >= 0.6 is 0 Å². The molecule has 1 atom stereocenters. The normalized spacial score (nSPS) is 23.9. The van der Waals surface area contributed by atoms with Crippen molar-refractivity contribution in [2.24, 2.45) is 10.8 Å². The number of hydrazone groups is 1. The molecular weight excluding hydrogens is 132 g/mol. The van der Waals surface area contributed by atoms with Crippen molar-refractivity contribution in [2.75, 3.05) is 0 Å². The fourth-order valence-corrected chi connectivity index (χ4v) is 0.701. The van der Waals surface area contributed by atoms with Crippen molar-refractivity contribution in [3.8, 4) is 0 Å². The van der Waals surface area contributed by atoms with Crippen LogP contribution in [0.1, 0.15) is 6.92 Å². The molecule has 0 aliphatic carbocycles. The predicted molar refractivity (Wildman–Crippen MR) is 37.0 cm³/mol. The summed E-state index contributed by atoms with van der Waals surface area (Å²) in [6.45, 7) is 1.65. The minimum absolute atomic E-state index is 0.160. The summed E-state index contributed by atoms with van der Waals surface area (Å²) in [5, 5.41) is 10.9. The van der Waals surface area contributed by atoms with E-state index >= 15 is 0 Å². The Hall–Kier alpha value is -1.39. The van der Waals surface area contributed by atoms with Crippen LogP contribution in [0.15, 0.2) is 5.10 Å². The first kappa shape index (κ1) is 6.73. The van der Waals surface area contributed by atoms with Crippen LogP contribution in [0.3, 0.4) is 0 Å². The maximum Gasteiger partial charge on any atom is 0.247 e. The Morgan fingerprint density at radius 3 is 2.70 bits per heavy atom. The molecule has 0 saturated carbocycles. The number of nitrogens with one attached hydrogen (secondary N) is 2. The Morgan fingerprint density at radius 1 is 1.90 bits per heavy atom. The van der Waals surface area contributed by atoms with Gasteiger partial charge in [-0.05, 0) is 6.92 Å². The molecule has 1 unspecified atom stereocenters. The molecule has 5 nitrogen and oxygen atoms in total. The Labute approximate surface area is 57.8 Å². The zero-order valence-corrected chi connectivity index (χ0v) is 5.51. The molecular formula is C5H8N4O. The van der Waals surface area contributed by atoms with Crippen molar-refractivity contribution in [1.29, 1.82) is 5.41 Å². The molecule has 10 heavy (non-hydrogen) atoms. The summed E-state index contributed by atoms with van der Waals surface area (Å²) in [7, 11) is 0. The maximum atomic E-state index is 10.5. The van der Waals surface area contributed by atoms with Crippen LogP contribution in [0.4, 0.5) is 0 Å². The third-order valence-electron chi connectivity index (χ3n) is 1.32. The molecule has 1 amide bonds. The van der Waals surface area contributed by atoms with E-state index in [2.05, 4.69) is 10.5 Å². The number of hydrogen-bond donors (Lipinski definition) is 3. The zero-order valence-electron chi connectivity index (χ0n) is 5.51. The van der Waals surface area contributed by atoms with Crippen molar-refractivity contribution in [1.82, 2.24) is 5.43 Å². The average molecular weight is 140 g/mol. The van der Waals surface area contributed by atoms with Crippen LogP contribution in [0, 0.1) is 5.41 Å². The number of rotatable bonds is 1. The average Bonchev–Trinajstić information content (AvgIpc) is 2.14. The van der Waals surface area contributed by atoms with Crippen molar-refractivity contribution >= 4 is 17.3 Å². The highest BCUT2D eigenvalue weighted by Crippen LogP contribution is 1.97. The second-order valence-corrected chi connectivity index (χ2v) is 2.08. The summed E-state index contributed by atoms with van der Waals surface area (Å²) < 4.78 is 0. The minimum Gasteiger partial charge on any atom is -0.367 e. The van der Waals surface area contributed by atoms with E-state index in [1.165, 1.54) is 0 Å². The van der Waals surface area contributed by atoms with Crippen molar-refractivity contribution < 1.29 is 4.79 Å². The van der Waals surface area contributed by atoms with Gasteiger partial charge in [0.2, 0.25) is 5.91 Å². The second kappa shape index (κ2) is 2.09. The van der Waals surface area contributed by atoms with Crippen LogP contribution in [-0.2, 0) is 4.79 Å². The number of amides is 1. The first-order valence-electron chi connectivity index (χ1n) is 2.81. The molecule has 4 N–H and O–H groups in total. The Kier molecular flexibility index (Phi) is 1.41. The van der Waals surface area contributed by atoms with Gasteiger partial charge < -0.3 is 11.1 Å². The van der Waals surface area contributed by atoms with Gasteiger partial charge in [-0.25, -0.2) is 0 Å². The fourth-order valence-electron chi connectivity index (χ4n) is 0.701. The lowest BCUT2D eigenvalue weighted by Gasteiger charge is -2.02. The topological polar surface area (TPSA) is 91.3 Å². The van der Waals surface area contributed by atoms with Gasteiger partial charge in [0.1, 0.15) is 0 Å². The van der Waals surface area contributed by atoms with E-state index in [1.807, 2.05) is 0 Å². The summed E-state index contributed by atoms with van der Waals surface area (Å²) in [5.41, 5.74) is 8.06. The summed E-state index contributed by atoms with van der Waals surface area (Å²) >= 11 is 0. The molecule has 0 spiro atoms. The molecule has 1 heterocycles. The molecule has 1 aliphatic rings. The monoisotopic (exact) mass is 140 g/mol. The first-order chi connectivity index (χ1) is 4.63. The summed E-state index contributed by atoms with van der Waals surface area (Å²) in [4.78, 5) is 10.5. The fraction of sp³-hybridized carbons (Fsp3) is 0.400. The Balaban J connectivity index is 2.75. The van der Waals surface area contributed by atoms with E-state index in [4.69, 9.17) is 11.1 Å². The third kappa shape index (κ3) is 0.854. The van der Waals surface area contributed by atoms with E-state index in [1.54, 1.807) is 6.92 Å². The molecule has 0 aromatic heterocycles. The van der Waals surface area contributed by atoms with Crippen molar-refractivity contribution in [3.05, 3.63) is 0 Å². The van der Waals surface area contributed by atoms with Gasteiger partial charge in [-0.15, -0.1) is 0 Å². The highest BCUT2D eigenvalue weighted by Gasteiger charge is 2.26. The molecule has 0 aromatic rings. The van der Waals surface area contributed by atoms with E-state index in [0.717, 1.165) is 0 Å². The molecule has 1 rings (SSSR count).